The summed E-state index contributed by atoms with van der Waals surface area (Å²) in [6, 6.07) is 13.4. The number of para-hydroxylation sites is 1. The average Bonchev–Trinajstić information content (AvgIpc) is 3.50. The molecule has 5 rings (SSSR count). The Bertz CT molecular complexity index is 1230. The van der Waals surface area contributed by atoms with E-state index in [0.717, 1.165) is 11.1 Å². The van der Waals surface area contributed by atoms with E-state index in [-0.39, 0.29) is 24.3 Å². The summed E-state index contributed by atoms with van der Waals surface area (Å²) in [5, 5.41) is 16.0. The highest BCUT2D eigenvalue weighted by Crippen LogP contribution is 2.64. The molecule has 3 saturated heterocycles. The minimum Gasteiger partial charge on any atom is -0.394 e. The van der Waals surface area contributed by atoms with E-state index < -0.39 is 35.1 Å². The first-order valence-electron chi connectivity index (χ1n) is 13.0. The Labute approximate surface area is 217 Å². The monoisotopic (exact) mass is 505 g/mol. The van der Waals surface area contributed by atoms with E-state index in [4.69, 9.17) is 4.74 Å². The van der Waals surface area contributed by atoms with Crippen LogP contribution in [0.5, 0.6) is 0 Å². The fraction of sp³-hybridized carbons (Fsp3) is 0.483. The molecule has 3 aliphatic rings. The normalized spacial score (nSPS) is 30.8. The van der Waals surface area contributed by atoms with Crippen LogP contribution in [0.3, 0.4) is 0 Å². The van der Waals surface area contributed by atoms with E-state index in [1.165, 1.54) is 4.90 Å². The number of aliphatic hydroxyl groups is 1. The quantitative estimate of drug-likeness (QED) is 0.535. The molecule has 196 valence electrons. The minimum atomic E-state index is -1.14. The number of aliphatic hydroxyl groups excluding tert-OH is 1. The summed E-state index contributed by atoms with van der Waals surface area (Å²) in [6.07, 6.45) is 1.62. The number of carbonyl (C=O) groups excluding carboxylic acids is 3. The molecule has 1 spiro atoms. The molecule has 3 amide bonds. The molecule has 2 bridgehead atoms. The Kier molecular flexibility index (Phi) is 6.36. The van der Waals surface area contributed by atoms with Crippen molar-refractivity contribution < 1.29 is 24.2 Å². The average molecular weight is 506 g/mol. The number of nitrogens with one attached hydrogen (secondary N) is 2. The van der Waals surface area contributed by atoms with Gasteiger partial charge in [0.2, 0.25) is 17.7 Å². The van der Waals surface area contributed by atoms with Gasteiger partial charge in [0.05, 0.1) is 30.1 Å². The molecular weight excluding hydrogens is 470 g/mol. The first-order valence-corrected chi connectivity index (χ1v) is 13.0. The Morgan fingerprint density at radius 2 is 1.84 bits per heavy atom. The van der Waals surface area contributed by atoms with Crippen LogP contribution in [0.15, 0.2) is 48.5 Å². The van der Waals surface area contributed by atoms with Gasteiger partial charge in [0.15, 0.2) is 0 Å². The first-order chi connectivity index (χ1) is 17.7. The summed E-state index contributed by atoms with van der Waals surface area (Å²) in [4.78, 5) is 43.2. The lowest BCUT2D eigenvalue weighted by Gasteiger charge is -2.36. The number of anilines is 2. The Balaban J connectivity index is 1.55. The molecule has 2 unspecified atom stereocenters. The van der Waals surface area contributed by atoms with Gasteiger partial charge in [0, 0.05) is 11.4 Å². The Hall–Kier alpha value is -3.23. The standard InChI is InChI=1S/C29H35N3O5/c1-5-28-13-14-29(37-28)23(22(28)25(34)30-20-9-7-6-8-10-20)27(36)32(19(4)16-33)24(29)26(35)31-21-15-17(2)11-12-18(21)3/h6-12,15,19,22-24,33H,5,13-14,16H2,1-4H3,(H,30,34)(H,31,35)/t19-,22-,23+,24?,28+,29?/m1/s1. The molecule has 3 N–H and O–H groups in total. The van der Waals surface area contributed by atoms with E-state index >= 15 is 0 Å². The summed E-state index contributed by atoms with van der Waals surface area (Å²) in [6.45, 7) is 7.24. The molecule has 0 saturated carbocycles. The number of ether oxygens (including phenoxy) is 1. The van der Waals surface area contributed by atoms with Gasteiger partial charge in [-0.15, -0.1) is 0 Å². The third-order valence-corrected chi connectivity index (χ3v) is 8.58. The number of benzene rings is 2. The number of amides is 3. The van der Waals surface area contributed by atoms with Crippen LogP contribution in [0.2, 0.25) is 0 Å². The minimum absolute atomic E-state index is 0.278. The van der Waals surface area contributed by atoms with E-state index in [0.29, 0.717) is 30.6 Å². The van der Waals surface area contributed by atoms with Crippen molar-refractivity contribution in [2.45, 2.75) is 70.2 Å². The van der Waals surface area contributed by atoms with Crippen molar-refractivity contribution in [3.05, 3.63) is 59.7 Å². The summed E-state index contributed by atoms with van der Waals surface area (Å²) in [5.74, 6) is -2.51. The van der Waals surface area contributed by atoms with Gasteiger partial charge in [-0.1, -0.05) is 37.3 Å². The Morgan fingerprint density at radius 1 is 1.11 bits per heavy atom. The highest BCUT2D eigenvalue weighted by molar-refractivity contribution is 6.05. The molecule has 2 aromatic carbocycles. The predicted octanol–water partition coefficient (Wildman–Crippen LogP) is 3.42. The Morgan fingerprint density at radius 3 is 2.51 bits per heavy atom. The number of rotatable bonds is 7. The maximum Gasteiger partial charge on any atom is 0.250 e. The van der Waals surface area contributed by atoms with E-state index in [2.05, 4.69) is 10.6 Å². The summed E-state index contributed by atoms with van der Waals surface area (Å²) < 4.78 is 6.75. The van der Waals surface area contributed by atoms with Gasteiger partial charge in [-0.2, -0.15) is 0 Å². The number of hydrogen-bond acceptors (Lipinski definition) is 5. The van der Waals surface area contributed by atoms with Gasteiger partial charge in [-0.3, -0.25) is 14.4 Å². The van der Waals surface area contributed by atoms with Gasteiger partial charge < -0.3 is 25.4 Å². The second-order valence-corrected chi connectivity index (χ2v) is 10.8. The van der Waals surface area contributed by atoms with Crippen molar-refractivity contribution in [3.8, 4) is 0 Å². The van der Waals surface area contributed by atoms with E-state index in [9.17, 15) is 19.5 Å². The van der Waals surface area contributed by atoms with Crippen LogP contribution in [0.25, 0.3) is 0 Å². The molecule has 8 nitrogen and oxygen atoms in total. The third kappa shape index (κ3) is 3.85. The summed E-state index contributed by atoms with van der Waals surface area (Å²) >= 11 is 0. The first kappa shape index (κ1) is 25.4. The fourth-order valence-electron chi connectivity index (χ4n) is 6.73. The molecule has 3 aliphatic heterocycles. The molecule has 6 atom stereocenters. The van der Waals surface area contributed by atoms with Crippen LogP contribution in [-0.2, 0) is 19.1 Å². The summed E-state index contributed by atoms with van der Waals surface area (Å²) in [5.41, 5.74) is 1.25. The lowest BCUT2D eigenvalue weighted by molar-refractivity contribution is -0.147. The van der Waals surface area contributed by atoms with Crippen LogP contribution < -0.4 is 10.6 Å². The topological polar surface area (TPSA) is 108 Å². The van der Waals surface area contributed by atoms with Gasteiger partial charge >= 0.3 is 0 Å². The molecule has 0 radical (unpaired) electrons. The largest absolute Gasteiger partial charge is 0.394 e. The number of nitrogens with zero attached hydrogens (tertiary/aromatic N) is 1. The maximum atomic E-state index is 14.1. The number of likely N-dealkylation sites (tertiary alicyclic amines) is 1. The molecular formula is C29H35N3O5. The van der Waals surface area contributed by atoms with E-state index in [1.807, 2.05) is 57.2 Å². The lowest BCUT2D eigenvalue weighted by Crippen LogP contribution is -2.56. The van der Waals surface area contributed by atoms with Gasteiger partial charge in [0.25, 0.3) is 0 Å². The number of carbonyl (C=O) groups is 3. The van der Waals surface area contributed by atoms with Crippen LogP contribution in [-0.4, -0.2) is 57.6 Å². The van der Waals surface area contributed by atoms with E-state index in [1.54, 1.807) is 19.1 Å². The molecule has 2 aromatic rings. The maximum absolute atomic E-state index is 14.1. The lowest BCUT2D eigenvalue weighted by atomic mass is 9.65. The van der Waals surface area contributed by atoms with Crippen molar-refractivity contribution in [2.75, 3.05) is 17.2 Å². The smallest absolute Gasteiger partial charge is 0.250 e. The van der Waals surface area contributed by atoms with Crippen molar-refractivity contribution in [2.24, 2.45) is 11.8 Å². The van der Waals surface area contributed by atoms with Crippen molar-refractivity contribution in [1.29, 1.82) is 0 Å². The van der Waals surface area contributed by atoms with Crippen molar-refractivity contribution in [3.63, 3.8) is 0 Å². The summed E-state index contributed by atoms with van der Waals surface area (Å²) in [7, 11) is 0. The highest BCUT2D eigenvalue weighted by Gasteiger charge is 2.79. The predicted molar refractivity (Wildman–Crippen MR) is 140 cm³/mol. The molecule has 3 fully saturated rings. The van der Waals surface area contributed by atoms with Crippen LogP contribution in [0.4, 0.5) is 11.4 Å². The molecule has 37 heavy (non-hydrogen) atoms. The molecule has 8 heteroatoms. The molecule has 3 heterocycles. The second-order valence-electron chi connectivity index (χ2n) is 10.8. The highest BCUT2D eigenvalue weighted by atomic mass is 16.5. The van der Waals surface area contributed by atoms with Gasteiger partial charge in [-0.25, -0.2) is 0 Å². The second kappa shape index (κ2) is 9.26. The van der Waals surface area contributed by atoms with Crippen molar-refractivity contribution >= 4 is 29.1 Å². The number of fused-ring (bicyclic) bond motifs is 1. The fourth-order valence-corrected chi connectivity index (χ4v) is 6.73. The molecule has 0 aliphatic carbocycles. The van der Waals surface area contributed by atoms with Crippen molar-refractivity contribution in [1.82, 2.24) is 4.90 Å². The van der Waals surface area contributed by atoms with Crippen LogP contribution in [0.1, 0.15) is 44.2 Å². The van der Waals surface area contributed by atoms with Gasteiger partial charge in [-0.05, 0) is 69.4 Å². The zero-order chi connectivity index (χ0) is 26.5. The third-order valence-electron chi connectivity index (χ3n) is 8.58. The number of aryl methyl sites for hydroxylation is 2. The zero-order valence-corrected chi connectivity index (χ0v) is 21.8. The molecule has 0 aromatic heterocycles. The zero-order valence-electron chi connectivity index (χ0n) is 21.8. The van der Waals surface area contributed by atoms with Crippen LogP contribution >= 0.6 is 0 Å². The van der Waals surface area contributed by atoms with Crippen LogP contribution in [0, 0.1) is 25.7 Å². The SMILES string of the molecule is CC[C@@]12CCC3(O1)C(C(=O)Nc1cc(C)ccc1C)N([C@H](C)CO)C(=O)[C@@H]3[C@@H]2C(=O)Nc1ccccc1. The van der Waals surface area contributed by atoms with Gasteiger partial charge in [0.1, 0.15) is 11.6 Å². The number of hydrogen-bond donors (Lipinski definition) is 3.